The molecule has 6 nitrogen and oxygen atoms in total. The number of rotatable bonds is 5. The van der Waals surface area contributed by atoms with Gasteiger partial charge >= 0.3 is 0 Å². The van der Waals surface area contributed by atoms with Crippen LogP contribution in [0.15, 0.2) is 59.9 Å². The lowest BCUT2D eigenvalue weighted by Crippen LogP contribution is -2.28. The number of methoxy groups -OCH3 is 1. The first-order chi connectivity index (χ1) is 14.8. The first-order valence-electron chi connectivity index (χ1n) is 10.3. The van der Waals surface area contributed by atoms with E-state index in [-0.39, 0.29) is 6.04 Å². The Morgan fingerprint density at radius 1 is 1.13 bits per heavy atom. The van der Waals surface area contributed by atoms with E-state index < -0.39 is 10.0 Å². The summed E-state index contributed by atoms with van der Waals surface area (Å²) in [7, 11) is -1.92. The highest BCUT2D eigenvalue weighted by atomic mass is 32.2. The van der Waals surface area contributed by atoms with Gasteiger partial charge in [0.05, 0.1) is 29.7 Å². The van der Waals surface area contributed by atoms with Gasteiger partial charge in [0.1, 0.15) is 5.75 Å². The second-order valence-corrected chi connectivity index (χ2v) is 9.86. The van der Waals surface area contributed by atoms with Gasteiger partial charge in [-0.05, 0) is 56.5 Å². The van der Waals surface area contributed by atoms with Crippen LogP contribution in [0.2, 0.25) is 0 Å². The van der Waals surface area contributed by atoms with Crippen molar-refractivity contribution >= 4 is 16.1 Å². The molecule has 1 atom stereocenters. The Bertz CT molecular complexity index is 1230. The smallest absolute Gasteiger partial charge is 0.239 e. The monoisotopic (exact) mass is 437 g/mol. The molecular weight excluding hydrogens is 410 g/mol. The zero-order chi connectivity index (χ0) is 22.2. The zero-order valence-corrected chi connectivity index (χ0v) is 19.1. The van der Waals surface area contributed by atoms with E-state index in [4.69, 9.17) is 4.74 Å². The number of imidazole rings is 1. The molecule has 0 radical (unpaired) electrons. The summed E-state index contributed by atoms with van der Waals surface area (Å²) >= 11 is 0. The molecule has 1 aliphatic rings. The summed E-state index contributed by atoms with van der Waals surface area (Å²) in [5, 5.41) is 0. The molecule has 1 unspecified atom stereocenters. The Morgan fingerprint density at radius 2 is 1.87 bits per heavy atom. The van der Waals surface area contributed by atoms with Gasteiger partial charge < -0.3 is 9.30 Å². The second-order valence-electron chi connectivity index (χ2n) is 7.92. The maximum Gasteiger partial charge on any atom is 0.239 e. The van der Waals surface area contributed by atoms with E-state index in [0.717, 1.165) is 28.1 Å². The van der Waals surface area contributed by atoms with Gasteiger partial charge in [-0.1, -0.05) is 35.9 Å². The highest BCUT2D eigenvalue weighted by Gasteiger charge is 2.37. The quantitative estimate of drug-likeness (QED) is 0.584. The molecular formula is C24H27N3O3S. The van der Waals surface area contributed by atoms with Crippen molar-refractivity contribution in [3.8, 4) is 11.4 Å². The van der Waals surface area contributed by atoms with Crippen molar-refractivity contribution < 1.29 is 13.2 Å². The number of nitrogens with zero attached hydrogens (tertiary/aromatic N) is 3. The molecule has 1 saturated heterocycles. The van der Waals surface area contributed by atoms with E-state index in [1.165, 1.54) is 0 Å². The van der Waals surface area contributed by atoms with E-state index in [1.807, 2.05) is 74.0 Å². The fourth-order valence-electron chi connectivity index (χ4n) is 3.92. The van der Waals surface area contributed by atoms with Crippen LogP contribution in [-0.4, -0.2) is 35.9 Å². The average molecular weight is 438 g/mol. The molecule has 0 amide bonds. The number of benzene rings is 2. The molecule has 1 aromatic heterocycles. The fourth-order valence-corrected chi connectivity index (χ4v) is 5.72. The van der Waals surface area contributed by atoms with Crippen LogP contribution in [0.25, 0.3) is 11.8 Å². The Morgan fingerprint density at radius 3 is 2.52 bits per heavy atom. The number of hydrogen-bond donors (Lipinski definition) is 0. The lowest BCUT2D eigenvalue weighted by Gasteiger charge is -2.23. The van der Waals surface area contributed by atoms with Crippen molar-refractivity contribution in [1.29, 1.82) is 0 Å². The molecule has 3 aromatic rings. The Balaban J connectivity index is 1.62. The Kier molecular flexibility index (Phi) is 5.73. The average Bonchev–Trinajstić information content (AvgIpc) is 3.30. The standard InChI is InChI=1S/C24H27N3O3S/c1-17-5-8-21(9-6-17)19(3)27-12-11-22(31(27,28)29)13-20-7-10-23(24(14-20)30-4)26-15-18(2)25-16-26/h5-10,13-16,19H,11-12H2,1-4H3/b22-13+. The third kappa shape index (κ3) is 4.16. The van der Waals surface area contributed by atoms with Crippen molar-refractivity contribution in [2.24, 2.45) is 0 Å². The van der Waals surface area contributed by atoms with E-state index >= 15 is 0 Å². The van der Waals surface area contributed by atoms with Gasteiger partial charge in [-0.3, -0.25) is 0 Å². The topological polar surface area (TPSA) is 64.4 Å². The van der Waals surface area contributed by atoms with Gasteiger partial charge in [-0.2, -0.15) is 4.31 Å². The number of ether oxygens (including phenoxy) is 1. The summed E-state index contributed by atoms with van der Waals surface area (Å²) in [6.07, 6.45) is 5.89. The molecule has 0 bridgehead atoms. The normalized spacial score (nSPS) is 18.4. The van der Waals surface area contributed by atoms with Crippen molar-refractivity contribution in [2.45, 2.75) is 33.2 Å². The summed E-state index contributed by atoms with van der Waals surface area (Å²) in [6, 6.07) is 13.5. The third-order valence-electron chi connectivity index (χ3n) is 5.73. The van der Waals surface area contributed by atoms with Crippen LogP contribution in [-0.2, 0) is 10.0 Å². The molecule has 4 rings (SSSR count). The molecule has 7 heteroatoms. The SMILES string of the molecule is COc1cc(/C=C2\CCN(C(C)c3ccc(C)cc3)S2(=O)=O)ccc1-n1cnc(C)c1. The Labute approximate surface area is 183 Å². The molecule has 1 aliphatic heterocycles. The number of hydrogen-bond acceptors (Lipinski definition) is 4. The predicted octanol–water partition coefficient (Wildman–Crippen LogP) is 4.64. The summed E-state index contributed by atoms with van der Waals surface area (Å²) in [4.78, 5) is 4.69. The van der Waals surface area contributed by atoms with Crippen molar-refractivity contribution in [3.63, 3.8) is 0 Å². The highest BCUT2D eigenvalue weighted by molar-refractivity contribution is 7.93. The van der Waals surface area contributed by atoms with E-state index in [9.17, 15) is 8.42 Å². The minimum atomic E-state index is -3.52. The zero-order valence-electron chi connectivity index (χ0n) is 18.2. The summed E-state index contributed by atoms with van der Waals surface area (Å²) in [5.74, 6) is 0.659. The van der Waals surface area contributed by atoms with Crippen molar-refractivity contribution in [2.75, 3.05) is 13.7 Å². The van der Waals surface area contributed by atoms with Crippen LogP contribution in [0.3, 0.4) is 0 Å². The van der Waals surface area contributed by atoms with E-state index in [1.54, 1.807) is 23.8 Å². The largest absolute Gasteiger partial charge is 0.495 e. The molecule has 0 spiro atoms. The predicted molar refractivity (Wildman–Crippen MR) is 123 cm³/mol. The first kappa shape index (κ1) is 21.3. The van der Waals surface area contributed by atoms with Crippen LogP contribution < -0.4 is 4.74 Å². The number of sulfonamides is 1. The maximum absolute atomic E-state index is 13.2. The summed E-state index contributed by atoms with van der Waals surface area (Å²) < 4.78 is 35.5. The van der Waals surface area contributed by atoms with E-state index in [0.29, 0.717) is 23.6 Å². The van der Waals surface area contributed by atoms with Gasteiger partial charge in [0.25, 0.3) is 0 Å². The minimum Gasteiger partial charge on any atom is -0.495 e. The molecule has 2 heterocycles. The van der Waals surface area contributed by atoms with Gasteiger partial charge in [-0.15, -0.1) is 0 Å². The lowest BCUT2D eigenvalue weighted by atomic mass is 10.1. The van der Waals surface area contributed by atoms with Gasteiger partial charge in [-0.25, -0.2) is 13.4 Å². The minimum absolute atomic E-state index is 0.210. The van der Waals surface area contributed by atoms with Crippen LogP contribution in [0.5, 0.6) is 5.75 Å². The molecule has 31 heavy (non-hydrogen) atoms. The van der Waals surface area contributed by atoms with Crippen molar-refractivity contribution in [1.82, 2.24) is 13.9 Å². The first-order valence-corrected chi connectivity index (χ1v) is 11.7. The molecule has 2 aromatic carbocycles. The summed E-state index contributed by atoms with van der Waals surface area (Å²) in [5.41, 5.74) is 4.71. The third-order valence-corrected chi connectivity index (χ3v) is 7.83. The number of aromatic nitrogens is 2. The van der Waals surface area contributed by atoms with Gasteiger partial charge in [0.15, 0.2) is 0 Å². The maximum atomic E-state index is 13.2. The molecule has 162 valence electrons. The molecule has 0 N–H and O–H groups in total. The highest BCUT2D eigenvalue weighted by Crippen LogP contribution is 2.36. The van der Waals surface area contributed by atoms with Gasteiger partial charge in [0.2, 0.25) is 10.0 Å². The molecule has 1 fully saturated rings. The van der Waals surface area contributed by atoms with Crippen LogP contribution in [0.4, 0.5) is 0 Å². The molecule has 0 aliphatic carbocycles. The Hall–Kier alpha value is -2.90. The fraction of sp³-hybridized carbons (Fsp3) is 0.292. The second kappa shape index (κ2) is 8.32. The van der Waals surface area contributed by atoms with Crippen LogP contribution in [0.1, 0.15) is 41.8 Å². The lowest BCUT2D eigenvalue weighted by molar-refractivity contribution is 0.369. The van der Waals surface area contributed by atoms with E-state index in [2.05, 4.69) is 4.98 Å². The summed E-state index contributed by atoms with van der Waals surface area (Å²) in [6.45, 7) is 6.37. The number of aryl methyl sites for hydroxylation is 2. The van der Waals surface area contributed by atoms with Crippen LogP contribution >= 0.6 is 0 Å². The van der Waals surface area contributed by atoms with Crippen molar-refractivity contribution in [3.05, 3.63) is 82.3 Å². The van der Waals surface area contributed by atoms with Gasteiger partial charge in [0, 0.05) is 18.8 Å². The van der Waals surface area contributed by atoms with Crippen LogP contribution in [0, 0.1) is 13.8 Å². The molecule has 0 saturated carbocycles.